The molecule has 0 amide bonds. The zero-order valence-corrected chi connectivity index (χ0v) is 12.6. The van der Waals surface area contributed by atoms with Crippen LogP contribution in [-0.2, 0) is 16.4 Å². The summed E-state index contributed by atoms with van der Waals surface area (Å²) in [6.45, 7) is 3.88. The lowest BCUT2D eigenvalue weighted by Crippen LogP contribution is -2.27. The van der Waals surface area contributed by atoms with E-state index in [4.69, 9.17) is 0 Å². The minimum atomic E-state index is -2.95. The van der Waals surface area contributed by atoms with E-state index >= 15 is 0 Å². The summed E-state index contributed by atoms with van der Waals surface area (Å²) >= 11 is 3.22. The number of nitrogens with zero attached hydrogens (tertiary/aromatic N) is 2. The normalized spacial score (nSPS) is 21.2. The molecule has 1 fully saturated rings. The van der Waals surface area contributed by atoms with Crippen molar-refractivity contribution in [1.82, 2.24) is 9.78 Å². The molecular weight excluding hydrogens is 334 g/mol. The Kier molecular flexibility index (Phi) is 4.10. The molecular formula is C11H14BrN3O3S. The third-order valence-corrected chi connectivity index (χ3v) is 5.41. The van der Waals surface area contributed by atoms with E-state index in [1.54, 1.807) is 6.08 Å². The van der Waals surface area contributed by atoms with Crippen LogP contribution in [0.2, 0.25) is 0 Å². The number of halogens is 1. The molecule has 2 rings (SSSR count). The number of aromatic nitrogens is 2. The molecule has 19 heavy (non-hydrogen) atoms. The van der Waals surface area contributed by atoms with Crippen LogP contribution in [-0.4, -0.2) is 35.7 Å². The van der Waals surface area contributed by atoms with Crippen molar-refractivity contribution < 1.29 is 8.42 Å². The Morgan fingerprint density at radius 3 is 2.95 bits per heavy atom. The Labute approximate surface area is 119 Å². The van der Waals surface area contributed by atoms with Crippen LogP contribution in [0.1, 0.15) is 6.42 Å². The highest BCUT2D eigenvalue weighted by Gasteiger charge is 2.28. The van der Waals surface area contributed by atoms with Crippen molar-refractivity contribution >= 4 is 31.5 Å². The van der Waals surface area contributed by atoms with Crippen LogP contribution in [0.25, 0.3) is 0 Å². The smallest absolute Gasteiger partial charge is 0.283 e. The van der Waals surface area contributed by atoms with E-state index in [2.05, 4.69) is 32.9 Å². The highest BCUT2D eigenvalue weighted by molar-refractivity contribution is 9.10. The van der Waals surface area contributed by atoms with Gasteiger partial charge in [-0.25, -0.2) is 13.1 Å². The first kappa shape index (κ1) is 14.3. The molecule has 104 valence electrons. The van der Waals surface area contributed by atoms with Gasteiger partial charge in [-0.2, -0.15) is 5.10 Å². The number of nitrogens with one attached hydrogen (secondary N) is 1. The van der Waals surface area contributed by atoms with Crippen LogP contribution < -0.4 is 10.9 Å². The number of hydrogen-bond donors (Lipinski definition) is 1. The van der Waals surface area contributed by atoms with Crippen molar-refractivity contribution in [1.29, 1.82) is 0 Å². The maximum atomic E-state index is 11.9. The van der Waals surface area contributed by atoms with Gasteiger partial charge in [-0.05, 0) is 22.4 Å². The van der Waals surface area contributed by atoms with E-state index in [1.165, 1.54) is 10.9 Å². The molecule has 0 radical (unpaired) electrons. The standard InChI is InChI=1S/C11H14BrN3O3S/c1-2-4-15-11(16)10(12)9(6-13-15)14-8-3-5-19(17,18)7-8/h2,6,8,14H,1,3-5,7H2. The summed E-state index contributed by atoms with van der Waals surface area (Å²) in [6.07, 6.45) is 3.64. The third kappa shape index (κ3) is 3.24. The predicted molar refractivity (Wildman–Crippen MR) is 77.1 cm³/mol. The first-order chi connectivity index (χ1) is 8.93. The predicted octanol–water partition coefficient (Wildman–Crippen LogP) is 0.791. The van der Waals surface area contributed by atoms with Gasteiger partial charge in [0.1, 0.15) is 4.47 Å². The molecule has 6 nitrogen and oxygen atoms in total. The Bertz CT molecular complexity index is 654. The van der Waals surface area contributed by atoms with Crippen LogP contribution in [0.3, 0.4) is 0 Å². The molecule has 1 unspecified atom stereocenters. The molecule has 1 N–H and O–H groups in total. The van der Waals surface area contributed by atoms with Crippen molar-refractivity contribution in [3.05, 3.63) is 33.7 Å². The third-order valence-electron chi connectivity index (χ3n) is 2.88. The summed E-state index contributed by atoms with van der Waals surface area (Å²) in [5.41, 5.74) is 0.248. The maximum absolute atomic E-state index is 11.9. The van der Waals surface area contributed by atoms with Gasteiger partial charge in [-0.3, -0.25) is 4.79 Å². The molecule has 1 saturated heterocycles. The summed E-state index contributed by atoms with van der Waals surface area (Å²) in [6, 6.07) is -0.169. The van der Waals surface area contributed by atoms with Gasteiger partial charge < -0.3 is 5.32 Å². The van der Waals surface area contributed by atoms with E-state index in [1.807, 2.05) is 0 Å². The summed E-state index contributed by atoms with van der Waals surface area (Å²) < 4.78 is 24.4. The maximum Gasteiger partial charge on any atom is 0.283 e. The van der Waals surface area contributed by atoms with E-state index < -0.39 is 9.84 Å². The zero-order chi connectivity index (χ0) is 14.0. The van der Waals surface area contributed by atoms with E-state index in [-0.39, 0.29) is 23.1 Å². The molecule has 0 saturated carbocycles. The molecule has 1 aromatic rings. The second kappa shape index (κ2) is 5.46. The van der Waals surface area contributed by atoms with Gasteiger partial charge >= 0.3 is 0 Å². The minimum absolute atomic E-state index is 0.0924. The lowest BCUT2D eigenvalue weighted by atomic mass is 10.2. The zero-order valence-electron chi connectivity index (χ0n) is 10.2. The van der Waals surface area contributed by atoms with Crippen molar-refractivity contribution in [3.63, 3.8) is 0 Å². The molecule has 2 heterocycles. The lowest BCUT2D eigenvalue weighted by Gasteiger charge is -2.14. The van der Waals surface area contributed by atoms with Crippen LogP contribution >= 0.6 is 15.9 Å². The van der Waals surface area contributed by atoms with Gasteiger partial charge in [-0.15, -0.1) is 6.58 Å². The molecule has 0 spiro atoms. The van der Waals surface area contributed by atoms with Gasteiger partial charge in [0.05, 0.1) is 29.9 Å². The first-order valence-electron chi connectivity index (χ1n) is 5.76. The Morgan fingerprint density at radius 1 is 1.63 bits per heavy atom. The second-order valence-corrected chi connectivity index (χ2v) is 7.41. The van der Waals surface area contributed by atoms with Gasteiger partial charge in [0.2, 0.25) is 0 Å². The van der Waals surface area contributed by atoms with Gasteiger partial charge in [-0.1, -0.05) is 6.08 Å². The summed E-state index contributed by atoms with van der Waals surface area (Å²) in [5, 5.41) is 7.05. The topological polar surface area (TPSA) is 81.1 Å². The molecule has 8 heteroatoms. The van der Waals surface area contributed by atoms with Crippen LogP contribution in [0.15, 0.2) is 28.1 Å². The van der Waals surface area contributed by atoms with Crippen molar-refractivity contribution in [3.8, 4) is 0 Å². The number of allylic oxidation sites excluding steroid dienone is 1. The number of rotatable bonds is 4. The van der Waals surface area contributed by atoms with Crippen molar-refractivity contribution in [2.75, 3.05) is 16.8 Å². The van der Waals surface area contributed by atoms with Crippen molar-refractivity contribution in [2.24, 2.45) is 0 Å². The second-order valence-electron chi connectivity index (χ2n) is 4.39. The molecule has 1 aliphatic rings. The molecule has 1 atom stereocenters. The Balaban J connectivity index is 2.20. The SMILES string of the molecule is C=CCn1ncc(NC2CCS(=O)(=O)C2)c(Br)c1=O. The first-order valence-corrected chi connectivity index (χ1v) is 8.38. The monoisotopic (exact) mass is 347 g/mol. The highest BCUT2D eigenvalue weighted by atomic mass is 79.9. The lowest BCUT2D eigenvalue weighted by molar-refractivity contribution is 0.602. The fraction of sp³-hybridized carbons (Fsp3) is 0.455. The van der Waals surface area contributed by atoms with Crippen molar-refractivity contribution in [2.45, 2.75) is 19.0 Å². The number of anilines is 1. The van der Waals surface area contributed by atoms with E-state index in [0.29, 0.717) is 23.1 Å². The van der Waals surface area contributed by atoms with Crippen LogP contribution in [0.5, 0.6) is 0 Å². The molecule has 1 aliphatic heterocycles. The highest BCUT2D eigenvalue weighted by Crippen LogP contribution is 2.21. The largest absolute Gasteiger partial charge is 0.379 e. The van der Waals surface area contributed by atoms with Crippen LogP contribution in [0.4, 0.5) is 5.69 Å². The number of sulfone groups is 1. The fourth-order valence-corrected chi connectivity index (χ4v) is 4.04. The van der Waals surface area contributed by atoms with Gasteiger partial charge in [0.25, 0.3) is 5.56 Å². The number of hydrogen-bond acceptors (Lipinski definition) is 5. The summed E-state index contributed by atoms with van der Waals surface area (Å²) in [7, 11) is -2.95. The van der Waals surface area contributed by atoms with Gasteiger partial charge in [0.15, 0.2) is 9.84 Å². The van der Waals surface area contributed by atoms with E-state index in [9.17, 15) is 13.2 Å². The average Bonchev–Trinajstić information content (AvgIpc) is 2.69. The Morgan fingerprint density at radius 2 is 2.37 bits per heavy atom. The summed E-state index contributed by atoms with van der Waals surface area (Å²) in [5.74, 6) is 0.276. The molecule has 0 aliphatic carbocycles. The minimum Gasteiger partial charge on any atom is -0.379 e. The molecule has 0 bridgehead atoms. The summed E-state index contributed by atoms with van der Waals surface area (Å²) in [4.78, 5) is 11.9. The fourth-order valence-electron chi connectivity index (χ4n) is 1.95. The Hall–Kier alpha value is -1.15. The average molecular weight is 348 g/mol. The van der Waals surface area contributed by atoms with Crippen LogP contribution in [0, 0.1) is 0 Å². The van der Waals surface area contributed by atoms with Gasteiger partial charge in [0, 0.05) is 6.04 Å². The molecule has 1 aromatic heterocycles. The van der Waals surface area contributed by atoms with E-state index in [0.717, 1.165) is 0 Å². The molecule has 0 aromatic carbocycles. The quantitative estimate of drug-likeness (QED) is 0.814.